The molecule has 4 nitrogen and oxygen atoms in total. The fourth-order valence-corrected chi connectivity index (χ4v) is 2.91. The van der Waals surface area contributed by atoms with E-state index < -0.39 is 0 Å². The predicted octanol–water partition coefficient (Wildman–Crippen LogP) is 3.18. The van der Waals surface area contributed by atoms with Crippen molar-refractivity contribution >= 4 is 30.7 Å². The molecule has 0 saturated heterocycles. The molecule has 6 heteroatoms. The topological polar surface area (TPSA) is 59.2 Å². The second-order valence-corrected chi connectivity index (χ2v) is 5.64. The van der Waals surface area contributed by atoms with Gasteiger partial charge in [0.2, 0.25) is 5.91 Å². The monoisotopic (exact) mass is 347 g/mol. The molecule has 2 N–H and O–H groups in total. The molecule has 126 valence electrons. The largest absolute Gasteiger partial charge is 0.337 e. The summed E-state index contributed by atoms with van der Waals surface area (Å²) in [6.45, 7) is 3.33. The number of rotatable bonds is 5. The normalized spacial score (nSPS) is 20.5. The van der Waals surface area contributed by atoms with E-state index in [9.17, 15) is 4.79 Å². The highest BCUT2D eigenvalue weighted by Gasteiger charge is 2.26. The predicted molar refractivity (Wildman–Crippen MR) is 94.4 cm³/mol. The molecular formula is C16H27Cl2N3O. The number of halogens is 2. The molecule has 2 atom stereocenters. The lowest BCUT2D eigenvalue weighted by Gasteiger charge is -2.30. The van der Waals surface area contributed by atoms with E-state index in [-0.39, 0.29) is 36.8 Å². The first-order chi connectivity index (χ1) is 9.70. The molecule has 1 saturated carbocycles. The van der Waals surface area contributed by atoms with E-state index in [1.54, 1.807) is 6.20 Å². The number of hydrogen-bond donors (Lipinski definition) is 1. The molecule has 1 aliphatic carbocycles. The summed E-state index contributed by atoms with van der Waals surface area (Å²) in [7, 11) is 0. The Labute approximate surface area is 145 Å². The van der Waals surface area contributed by atoms with Crippen LogP contribution in [0.5, 0.6) is 0 Å². The third kappa shape index (κ3) is 6.11. The minimum absolute atomic E-state index is 0. The first-order valence-corrected chi connectivity index (χ1v) is 7.64. The van der Waals surface area contributed by atoms with Crippen molar-refractivity contribution in [3.63, 3.8) is 0 Å². The molecule has 0 radical (unpaired) electrons. The van der Waals surface area contributed by atoms with Gasteiger partial charge in [0.25, 0.3) is 0 Å². The smallest absolute Gasteiger partial charge is 0.223 e. The summed E-state index contributed by atoms with van der Waals surface area (Å²) in [6.07, 6.45) is 6.92. The highest BCUT2D eigenvalue weighted by atomic mass is 35.5. The summed E-state index contributed by atoms with van der Waals surface area (Å²) in [5.74, 6) is 0.564. The van der Waals surface area contributed by atoms with Gasteiger partial charge in [-0.3, -0.25) is 9.78 Å². The van der Waals surface area contributed by atoms with Gasteiger partial charge in [0.1, 0.15) is 0 Å². The summed E-state index contributed by atoms with van der Waals surface area (Å²) in [5.41, 5.74) is 7.08. The SMILES string of the molecule is CCN(Cc1ccccn1)C(=O)CC1CCCCC1N.Cl.Cl. The van der Waals surface area contributed by atoms with Gasteiger partial charge in [-0.05, 0) is 37.8 Å². The van der Waals surface area contributed by atoms with Gasteiger partial charge >= 0.3 is 0 Å². The lowest BCUT2D eigenvalue weighted by molar-refractivity contribution is -0.133. The number of hydrogen-bond acceptors (Lipinski definition) is 3. The number of pyridine rings is 1. The molecular weight excluding hydrogens is 321 g/mol. The highest BCUT2D eigenvalue weighted by molar-refractivity contribution is 5.85. The number of aromatic nitrogens is 1. The number of carbonyl (C=O) groups is 1. The van der Waals surface area contributed by atoms with Crippen LogP contribution >= 0.6 is 24.8 Å². The molecule has 1 aliphatic rings. The minimum atomic E-state index is 0. The molecule has 2 rings (SSSR count). The van der Waals surface area contributed by atoms with Gasteiger partial charge in [0.05, 0.1) is 12.2 Å². The zero-order valence-electron chi connectivity index (χ0n) is 13.1. The van der Waals surface area contributed by atoms with Crippen molar-refractivity contribution in [1.82, 2.24) is 9.88 Å². The fourth-order valence-electron chi connectivity index (χ4n) is 2.91. The molecule has 1 aromatic rings. The van der Waals surface area contributed by atoms with Gasteiger partial charge in [-0.15, -0.1) is 24.8 Å². The summed E-state index contributed by atoms with van der Waals surface area (Å²) in [4.78, 5) is 18.6. The number of nitrogens with zero attached hydrogens (tertiary/aromatic N) is 2. The molecule has 22 heavy (non-hydrogen) atoms. The Morgan fingerprint density at radius 3 is 2.64 bits per heavy atom. The number of nitrogens with two attached hydrogens (primary N) is 1. The summed E-state index contributed by atoms with van der Waals surface area (Å²) in [5, 5.41) is 0. The molecule has 0 bridgehead atoms. The highest BCUT2D eigenvalue weighted by Crippen LogP contribution is 2.26. The summed E-state index contributed by atoms with van der Waals surface area (Å²) < 4.78 is 0. The van der Waals surface area contributed by atoms with Crippen LogP contribution in [-0.4, -0.2) is 28.4 Å². The molecule has 1 heterocycles. The Kier molecular flexibility index (Phi) is 10.4. The number of amides is 1. The maximum atomic E-state index is 12.4. The quantitative estimate of drug-likeness (QED) is 0.889. The zero-order valence-corrected chi connectivity index (χ0v) is 14.7. The van der Waals surface area contributed by atoms with E-state index in [1.165, 1.54) is 12.8 Å². The first kappa shape index (κ1) is 21.2. The van der Waals surface area contributed by atoms with Crippen molar-refractivity contribution in [2.45, 2.75) is 51.6 Å². The minimum Gasteiger partial charge on any atom is -0.337 e. The molecule has 0 aromatic carbocycles. The molecule has 1 aromatic heterocycles. The van der Waals surface area contributed by atoms with E-state index in [2.05, 4.69) is 4.98 Å². The van der Waals surface area contributed by atoms with Gasteiger partial charge in [0, 0.05) is 25.2 Å². The average molecular weight is 348 g/mol. The fraction of sp³-hybridized carbons (Fsp3) is 0.625. The van der Waals surface area contributed by atoms with Crippen LogP contribution in [0.25, 0.3) is 0 Å². The van der Waals surface area contributed by atoms with Crippen molar-refractivity contribution in [1.29, 1.82) is 0 Å². The van der Waals surface area contributed by atoms with E-state index in [4.69, 9.17) is 5.73 Å². The Morgan fingerprint density at radius 2 is 2.05 bits per heavy atom. The van der Waals surface area contributed by atoms with E-state index in [0.717, 1.165) is 25.1 Å². The van der Waals surface area contributed by atoms with Crippen LogP contribution in [-0.2, 0) is 11.3 Å². The van der Waals surface area contributed by atoms with Crippen LogP contribution in [0.1, 0.15) is 44.7 Å². The van der Waals surface area contributed by atoms with Crippen LogP contribution in [0.15, 0.2) is 24.4 Å². The van der Waals surface area contributed by atoms with Crippen molar-refractivity contribution in [2.75, 3.05) is 6.54 Å². The van der Waals surface area contributed by atoms with Crippen molar-refractivity contribution in [2.24, 2.45) is 11.7 Å². The molecule has 2 unspecified atom stereocenters. The number of carbonyl (C=O) groups excluding carboxylic acids is 1. The van der Waals surface area contributed by atoms with E-state index in [1.807, 2.05) is 30.0 Å². The molecule has 1 amide bonds. The molecule has 0 aliphatic heterocycles. The Bertz CT molecular complexity index is 431. The van der Waals surface area contributed by atoms with Crippen LogP contribution in [0.3, 0.4) is 0 Å². The maximum Gasteiger partial charge on any atom is 0.223 e. The summed E-state index contributed by atoms with van der Waals surface area (Å²) >= 11 is 0. The van der Waals surface area contributed by atoms with Crippen molar-refractivity contribution in [3.8, 4) is 0 Å². The summed E-state index contributed by atoms with van der Waals surface area (Å²) in [6, 6.07) is 6.00. The lowest BCUT2D eigenvalue weighted by Crippen LogP contribution is -2.38. The molecule has 1 fully saturated rings. The Balaban J connectivity index is 0.00000220. The maximum absolute atomic E-state index is 12.4. The van der Waals surface area contributed by atoms with Crippen LogP contribution < -0.4 is 5.73 Å². The third-order valence-electron chi connectivity index (χ3n) is 4.22. The first-order valence-electron chi connectivity index (χ1n) is 7.64. The van der Waals surface area contributed by atoms with Gasteiger partial charge in [-0.25, -0.2) is 0 Å². The Hall–Kier alpha value is -0.840. The third-order valence-corrected chi connectivity index (χ3v) is 4.22. The van der Waals surface area contributed by atoms with Gasteiger partial charge in [-0.2, -0.15) is 0 Å². The van der Waals surface area contributed by atoms with E-state index >= 15 is 0 Å². The van der Waals surface area contributed by atoms with Gasteiger partial charge in [-0.1, -0.05) is 18.9 Å². The lowest BCUT2D eigenvalue weighted by atomic mass is 9.82. The second kappa shape index (κ2) is 10.8. The zero-order chi connectivity index (χ0) is 14.4. The Morgan fingerprint density at radius 1 is 1.32 bits per heavy atom. The van der Waals surface area contributed by atoms with Crippen LogP contribution in [0.4, 0.5) is 0 Å². The second-order valence-electron chi connectivity index (χ2n) is 5.64. The van der Waals surface area contributed by atoms with Crippen LogP contribution in [0.2, 0.25) is 0 Å². The van der Waals surface area contributed by atoms with Crippen molar-refractivity contribution in [3.05, 3.63) is 30.1 Å². The van der Waals surface area contributed by atoms with Gasteiger partial charge < -0.3 is 10.6 Å². The van der Waals surface area contributed by atoms with Crippen LogP contribution in [0, 0.1) is 5.92 Å². The van der Waals surface area contributed by atoms with E-state index in [0.29, 0.717) is 18.9 Å². The standard InChI is InChI=1S/C16H25N3O.2ClH/c1-2-19(12-14-8-5-6-10-18-14)16(20)11-13-7-3-4-9-15(13)17;;/h5-6,8,10,13,15H,2-4,7,9,11-12,17H2,1H3;2*1H. The van der Waals surface area contributed by atoms with Gasteiger partial charge in [0.15, 0.2) is 0 Å². The average Bonchev–Trinajstić information content (AvgIpc) is 2.48. The van der Waals surface area contributed by atoms with Crippen molar-refractivity contribution < 1.29 is 4.79 Å². The molecule has 0 spiro atoms.